The molecule has 2 aromatic carbocycles. The van der Waals surface area contributed by atoms with Crippen LogP contribution in [0.2, 0.25) is 0 Å². The zero-order valence-corrected chi connectivity index (χ0v) is 22.8. The average Bonchev–Trinajstić information content (AvgIpc) is 3.24. The molecule has 3 rings (SSSR count). The minimum atomic E-state index is -1.02. The van der Waals surface area contributed by atoms with Crippen LogP contribution in [-0.4, -0.2) is 53.6 Å². The van der Waals surface area contributed by atoms with Crippen LogP contribution in [0, 0.1) is 6.92 Å². The predicted octanol–water partition coefficient (Wildman–Crippen LogP) is 4.65. The molecule has 3 aromatic rings. The summed E-state index contributed by atoms with van der Waals surface area (Å²) in [5.74, 6) is -0.248. The number of methoxy groups -OCH3 is 1. The number of hydrogen-bond donors (Lipinski definition) is 0. The van der Waals surface area contributed by atoms with E-state index in [9.17, 15) is 9.00 Å². The van der Waals surface area contributed by atoms with Gasteiger partial charge in [-0.1, -0.05) is 36.9 Å². The molecule has 0 bridgehead atoms. The lowest BCUT2D eigenvalue weighted by molar-refractivity contribution is -0.143. The number of nitrogens with zero attached hydrogens (tertiary/aromatic N) is 1. The fourth-order valence-electron chi connectivity index (χ4n) is 3.37. The summed E-state index contributed by atoms with van der Waals surface area (Å²) in [7, 11) is 0.605. The summed E-state index contributed by atoms with van der Waals surface area (Å²) < 4.78 is 24.2. The Kier molecular flexibility index (Phi) is 16.9. The molecule has 0 aliphatic rings. The minimum Gasteiger partial charge on any atom is -0.465 e. The van der Waals surface area contributed by atoms with Crippen molar-refractivity contribution in [1.29, 1.82) is 0 Å². The highest BCUT2D eigenvalue weighted by atomic mass is 32.2. The van der Waals surface area contributed by atoms with Crippen molar-refractivity contribution >= 4 is 23.6 Å². The van der Waals surface area contributed by atoms with Gasteiger partial charge in [-0.2, -0.15) is 0 Å². The van der Waals surface area contributed by atoms with E-state index in [2.05, 4.69) is 16.9 Å². The lowest BCUT2D eigenvalue weighted by atomic mass is 10.1. The molecule has 0 amide bonds. The van der Waals surface area contributed by atoms with Crippen molar-refractivity contribution in [2.45, 2.75) is 31.6 Å². The standard InChI is InChI=1S/C24H27NO4S.C4H6.CH2O.H2O/c1-18-20(17-24(26)29-15-7-14-28-2)16-23(25(18)21-8-5-4-6-9-21)19-10-12-22(13-11-19)30(3)27;1-3-4-2;1-2;/h4-6,8-13,16H,7,14-15,17H2,1-3H3;4H,1H2,2H3;1H2;1H2. The van der Waals surface area contributed by atoms with Crippen molar-refractivity contribution in [3.8, 4) is 16.9 Å². The number of para-hydroxylation sites is 1. The van der Waals surface area contributed by atoms with Gasteiger partial charge in [0, 0.05) is 53.5 Å². The summed E-state index contributed by atoms with van der Waals surface area (Å²) in [6.45, 7) is 10.1. The van der Waals surface area contributed by atoms with E-state index in [1.54, 1.807) is 19.4 Å². The molecular weight excluding hydrogens is 490 g/mol. The Morgan fingerprint density at radius 2 is 1.68 bits per heavy atom. The summed E-state index contributed by atoms with van der Waals surface area (Å²) in [5.41, 5.74) is 7.47. The number of esters is 1. The molecule has 0 radical (unpaired) electrons. The molecule has 0 fully saturated rings. The van der Waals surface area contributed by atoms with E-state index < -0.39 is 10.8 Å². The van der Waals surface area contributed by atoms with Gasteiger partial charge in [0.15, 0.2) is 0 Å². The van der Waals surface area contributed by atoms with Crippen LogP contribution in [0.1, 0.15) is 24.6 Å². The molecule has 0 saturated carbocycles. The van der Waals surface area contributed by atoms with E-state index in [-0.39, 0.29) is 17.9 Å². The maximum Gasteiger partial charge on any atom is 0.310 e. The van der Waals surface area contributed by atoms with Gasteiger partial charge in [0.1, 0.15) is 6.79 Å². The molecule has 0 aliphatic carbocycles. The molecule has 1 heterocycles. The third kappa shape index (κ3) is 10.5. The number of hydrogen-bond acceptors (Lipinski definition) is 5. The van der Waals surface area contributed by atoms with Crippen LogP contribution in [0.5, 0.6) is 0 Å². The quantitative estimate of drug-likeness (QED) is 0.229. The second-order valence-corrected chi connectivity index (χ2v) is 8.91. The number of carbonyl (C=O) groups excluding carboxylic acids is 2. The first-order chi connectivity index (χ1) is 17.4. The van der Waals surface area contributed by atoms with E-state index in [0.29, 0.717) is 19.6 Å². The SMILES string of the molecule is C=C=CC.C=O.COCCCOC(=O)Cc1cc(-c2ccc(S(C)=O)cc2)n(-c2ccccc2)c1C.O. The maximum atomic E-state index is 12.3. The molecule has 0 spiro atoms. The summed E-state index contributed by atoms with van der Waals surface area (Å²) >= 11 is 0. The predicted molar refractivity (Wildman–Crippen MR) is 150 cm³/mol. The van der Waals surface area contributed by atoms with Crippen LogP contribution in [0.4, 0.5) is 0 Å². The van der Waals surface area contributed by atoms with E-state index in [1.165, 1.54) is 0 Å². The average molecular weight is 528 g/mol. The summed E-state index contributed by atoms with van der Waals surface area (Å²) in [6.07, 6.45) is 4.33. The Balaban J connectivity index is 0.00000169. The van der Waals surface area contributed by atoms with Crippen LogP contribution in [0.15, 0.2) is 83.9 Å². The lowest BCUT2D eigenvalue weighted by Gasteiger charge is -2.13. The summed E-state index contributed by atoms with van der Waals surface area (Å²) in [4.78, 5) is 21.1. The van der Waals surface area contributed by atoms with Gasteiger partial charge in [-0.3, -0.25) is 9.00 Å². The van der Waals surface area contributed by atoms with Crippen LogP contribution in [0.3, 0.4) is 0 Å². The molecule has 7 nitrogen and oxygen atoms in total. The lowest BCUT2D eigenvalue weighted by Crippen LogP contribution is -2.11. The molecule has 1 atom stereocenters. The second kappa shape index (κ2) is 18.7. The Labute approximate surface area is 222 Å². The highest BCUT2D eigenvalue weighted by Crippen LogP contribution is 2.30. The normalized spacial score (nSPS) is 10.3. The van der Waals surface area contributed by atoms with Crippen molar-refractivity contribution in [3.05, 3.63) is 90.3 Å². The third-order valence-electron chi connectivity index (χ3n) is 5.14. The summed E-state index contributed by atoms with van der Waals surface area (Å²) in [5, 5.41) is 0. The molecule has 200 valence electrons. The number of allylic oxidation sites excluding steroid dienone is 1. The zero-order chi connectivity index (χ0) is 26.9. The van der Waals surface area contributed by atoms with Gasteiger partial charge in [0.25, 0.3) is 0 Å². The molecule has 1 unspecified atom stereocenters. The van der Waals surface area contributed by atoms with E-state index >= 15 is 0 Å². The van der Waals surface area contributed by atoms with Gasteiger partial charge in [0.05, 0.1) is 18.7 Å². The number of benzene rings is 2. The van der Waals surface area contributed by atoms with Crippen LogP contribution in [-0.2, 0) is 36.3 Å². The highest BCUT2D eigenvalue weighted by molar-refractivity contribution is 7.84. The Hall–Kier alpha value is -3.55. The third-order valence-corrected chi connectivity index (χ3v) is 6.08. The zero-order valence-electron chi connectivity index (χ0n) is 22.0. The summed E-state index contributed by atoms with van der Waals surface area (Å²) in [6, 6.07) is 19.8. The number of ether oxygens (including phenoxy) is 2. The second-order valence-electron chi connectivity index (χ2n) is 7.53. The first kappa shape index (κ1) is 33.4. The van der Waals surface area contributed by atoms with Crippen LogP contribution in [0.25, 0.3) is 16.9 Å². The minimum absolute atomic E-state index is 0. The molecular formula is C29H37NO6S. The van der Waals surface area contributed by atoms with E-state index in [1.807, 2.05) is 81.3 Å². The monoisotopic (exact) mass is 527 g/mol. The Morgan fingerprint density at radius 1 is 1.08 bits per heavy atom. The van der Waals surface area contributed by atoms with Gasteiger partial charge < -0.3 is 24.3 Å². The smallest absolute Gasteiger partial charge is 0.310 e. The number of aromatic nitrogens is 1. The van der Waals surface area contributed by atoms with Crippen molar-refractivity contribution in [2.24, 2.45) is 0 Å². The molecule has 8 heteroatoms. The Bertz CT molecular complexity index is 1150. The van der Waals surface area contributed by atoms with E-state index in [4.69, 9.17) is 14.3 Å². The number of rotatable bonds is 9. The fourth-order valence-corrected chi connectivity index (χ4v) is 3.89. The van der Waals surface area contributed by atoms with Crippen LogP contribution < -0.4 is 0 Å². The van der Waals surface area contributed by atoms with Crippen molar-refractivity contribution in [2.75, 3.05) is 26.6 Å². The first-order valence-electron chi connectivity index (χ1n) is 11.4. The van der Waals surface area contributed by atoms with Gasteiger partial charge in [0.2, 0.25) is 0 Å². The molecule has 0 aliphatic heterocycles. The first-order valence-corrected chi connectivity index (χ1v) is 12.9. The highest BCUT2D eigenvalue weighted by Gasteiger charge is 2.18. The van der Waals surface area contributed by atoms with Crippen LogP contribution >= 0.6 is 0 Å². The topological polar surface area (TPSA) is 106 Å². The van der Waals surface area contributed by atoms with Gasteiger partial charge in [-0.25, -0.2) is 0 Å². The van der Waals surface area contributed by atoms with Crippen molar-refractivity contribution in [1.82, 2.24) is 4.57 Å². The molecule has 2 N–H and O–H groups in total. The number of carbonyl (C=O) groups is 2. The molecule has 37 heavy (non-hydrogen) atoms. The largest absolute Gasteiger partial charge is 0.465 e. The molecule has 1 aromatic heterocycles. The van der Waals surface area contributed by atoms with Gasteiger partial charge >= 0.3 is 5.97 Å². The molecule has 0 saturated heterocycles. The Morgan fingerprint density at radius 3 is 2.19 bits per heavy atom. The van der Waals surface area contributed by atoms with Crippen molar-refractivity contribution in [3.63, 3.8) is 0 Å². The maximum absolute atomic E-state index is 12.3. The fraction of sp³-hybridized carbons (Fsp3) is 0.276. The van der Waals surface area contributed by atoms with Crippen molar-refractivity contribution < 1.29 is 28.7 Å². The van der Waals surface area contributed by atoms with Gasteiger partial charge in [-0.05, 0) is 61.4 Å². The van der Waals surface area contributed by atoms with Gasteiger partial charge in [-0.15, -0.1) is 5.73 Å². The van der Waals surface area contributed by atoms with E-state index in [0.717, 1.165) is 33.1 Å².